The SMILES string of the molecule is O=[N+]([O-])c1ccc(Br)c(OCc2c(F)ccc(Br)c2F)c1. The first-order chi connectivity index (χ1) is 9.90. The molecule has 0 fully saturated rings. The highest BCUT2D eigenvalue weighted by atomic mass is 79.9. The lowest BCUT2D eigenvalue weighted by molar-refractivity contribution is -0.385. The van der Waals surface area contributed by atoms with Crippen molar-refractivity contribution >= 4 is 37.5 Å². The van der Waals surface area contributed by atoms with Crippen LogP contribution in [0.5, 0.6) is 5.75 Å². The first-order valence-electron chi connectivity index (χ1n) is 5.59. The molecule has 0 aliphatic heterocycles. The minimum absolute atomic E-state index is 0.112. The largest absolute Gasteiger partial charge is 0.487 e. The minimum atomic E-state index is -0.767. The van der Waals surface area contributed by atoms with Gasteiger partial charge in [0.1, 0.15) is 24.0 Å². The number of benzene rings is 2. The molecule has 0 N–H and O–H groups in total. The van der Waals surface area contributed by atoms with Crippen LogP contribution in [-0.2, 0) is 6.61 Å². The molecule has 21 heavy (non-hydrogen) atoms. The first kappa shape index (κ1) is 15.8. The fourth-order valence-electron chi connectivity index (χ4n) is 1.57. The zero-order valence-electron chi connectivity index (χ0n) is 10.3. The van der Waals surface area contributed by atoms with E-state index in [2.05, 4.69) is 31.9 Å². The van der Waals surface area contributed by atoms with E-state index in [4.69, 9.17) is 4.74 Å². The molecule has 0 saturated carbocycles. The van der Waals surface area contributed by atoms with E-state index in [1.54, 1.807) is 0 Å². The van der Waals surface area contributed by atoms with E-state index in [1.807, 2.05) is 0 Å². The van der Waals surface area contributed by atoms with Gasteiger partial charge in [-0.1, -0.05) is 0 Å². The Morgan fingerprint density at radius 3 is 2.48 bits per heavy atom. The van der Waals surface area contributed by atoms with Gasteiger partial charge >= 0.3 is 0 Å². The van der Waals surface area contributed by atoms with Crippen LogP contribution in [0.1, 0.15) is 5.56 Å². The molecular formula is C13H7Br2F2NO3. The molecule has 0 unspecified atom stereocenters. The second kappa shape index (κ2) is 6.48. The van der Waals surface area contributed by atoms with Gasteiger partial charge in [-0.05, 0) is 50.1 Å². The van der Waals surface area contributed by atoms with Crippen LogP contribution in [0.4, 0.5) is 14.5 Å². The van der Waals surface area contributed by atoms with Crippen molar-refractivity contribution in [2.75, 3.05) is 0 Å². The Morgan fingerprint density at radius 1 is 1.14 bits per heavy atom. The zero-order valence-corrected chi connectivity index (χ0v) is 13.4. The molecule has 0 radical (unpaired) electrons. The maximum Gasteiger partial charge on any atom is 0.273 e. The van der Waals surface area contributed by atoms with Crippen molar-refractivity contribution < 1.29 is 18.4 Å². The maximum atomic E-state index is 13.8. The molecule has 0 aromatic heterocycles. The van der Waals surface area contributed by atoms with E-state index in [0.29, 0.717) is 4.47 Å². The Labute approximate surface area is 135 Å². The van der Waals surface area contributed by atoms with Crippen molar-refractivity contribution in [3.8, 4) is 5.75 Å². The van der Waals surface area contributed by atoms with Crippen LogP contribution in [0.25, 0.3) is 0 Å². The van der Waals surface area contributed by atoms with E-state index in [1.165, 1.54) is 24.3 Å². The van der Waals surface area contributed by atoms with E-state index < -0.39 is 23.2 Å². The van der Waals surface area contributed by atoms with E-state index in [9.17, 15) is 18.9 Å². The highest BCUT2D eigenvalue weighted by molar-refractivity contribution is 9.10. The molecular weight excluding hydrogens is 416 g/mol. The second-order valence-corrected chi connectivity index (χ2v) is 5.69. The van der Waals surface area contributed by atoms with Gasteiger partial charge in [-0.2, -0.15) is 0 Å². The molecule has 0 bridgehead atoms. The number of non-ortho nitro benzene ring substituents is 1. The lowest BCUT2D eigenvalue weighted by atomic mass is 10.2. The summed E-state index contributed by atoms with van der Waals surface area (Å²) in [5.74, 6) is -1.39. The third-order valence-electron chi connectivity index (χ3n) is 2.64. The molecule has 0 heterocycles. The van der Waals surface area contributed by atoms with Crippen molar-refractivity contribution in [1.82, 2.24) is 0 Å². The van der Waals surface area contributed by atoms with Gasteiger partial charge in [0.25, 0.3) is 5.69 Å². The molecule has 2 aromatic rings. The third kappa shape index (κ3) is 3.56. The van der Waals surface area contributed by atoms with Crippen molar-refractivity contribution in [1.29, 1.82) is 0 Å². The number of hydrogen-bond acceptors (Lipinski definition) is 3. The van der Waals surface area contributed by atoms with E-state index >= 15 is 0 Å². The Morgan fingerprint density at radius 2 is 1.81 bits per heavy atom. The molecule has 0 aliphatic carbocycles. The molecule has 0 aliphatic rings. The fourth-order valence-corrected chi connectivity index (χ4v) is 2.30. The molecule has 0 spiro atoms. The third-order valence-corrected chi connectivity index (χ3v) is 3.90. The quantitative estimate of drug-likeness (QED) is 0.396. The molecule has 2 rings (SSSR count). The van der Waals surface area contributed by atoms with Gasteiger partial charge in [-0.15, -0.1) is 0 Å². The molecule has 0 atom stereocenters. The summed E-state index contributed by atoms with van der Waals surface area (Å²) in [6, 6.07) is 6.25. The standard InChI is InChI=1S/C13H7Br2F2NO3/c14-9-2-1-7(18(19)20)5-12(9)21-6-8-11(16)4-3-10(15)13(8)17/h1-5H,6H2. The number of hydrogen-bond donors (Lipinski definition) is 0. The van der Waals surface area contributed by atoms with Gasteiger partial charge in [-0.3, -0.25) is 10.1 Å². The van der Waals surface area contributed by atoms with Crippen LogP contribution >= 0.6 is 31.9 Å². The Bertz CT molecular complexity index is 710. The number of nitrogens with zero attached hydrogens (tertiary/aromatic N) is 1. The second-order valence-electron chi connectivity index (χ2n) is 3.98. The number of ether oxygens (including phenoxy) is 1. The highest BCUT2D eigenvalue weighted by Crippen LogP contribution is 2.31. The number of halogens is 4. The van der Waals surface area contributed by atoms with Crippen LogP contribution < -0.4 is 4.74 Å². The summed E-state index contributed by atoms with van der Waals surface area (Å²) in [7, 11) is 0. The number of rotatable bonds is 4. The Balaban J connectivity index is 2.26. The van der Waals surface area contributed by atoms with E-state index in [-0.39, 0.29) is 21.5 Å². The van der Waals surface area contributed by atoms with Gasteiger partial charge in [0, 0.05) is 6.07 Å². The lowest BCUT2D eigenvalue weighted by Crippen LogP contribution is -2.03. The van der Waals surface area contributed by atoms with Crippen molar-refractivity contribution in [2.45, 2.75) is 6.61 Å². The van der Waals surface area contributed by atoms with Crippen LogP contribution in [0.15, 0.2) is 39.3 Å². The predicted octanol–water partition coefficient (Wildman–Crippen LogP) is 4.98. The highest BCUT2D eigenvalue weighted by Gasteiger charge is 2.15. The van der Waals surface area contributed by atoms with Gasteiger partial charge in [-0.25, -0.2) is 8.78 Å². The fraction of sp³-hybridized carbons (Fsp3) is 0.0769. The van der Waals surface area contributed by atoms with Crippen LogP contribution in [0.2, 0.25) is 0 Å². The minimum Gasteiger partial charge on any atom is -0.487 e. The summed E-state index contributed by atoms with van der Waals surface area (Å²) >= 11 is 6.12. The average molecular weight is 423 g/mol. The average Bonchev–Trinajstić information content (AvgIpc) is 2.44. The monoisotopic (exact) mass is 421 g/mol. The molecule has 2 aromatic carbocycles. The summed E-state index contributed by atoms with van der Waals surface area (Å²) in [5.41, 5.74) is -0.439. The van der Waals surface area contributed by atoms with Crippen LogP contribution in [0.3, 0.4) is 0 Å². The van der Waals surface area contributed by atoms with Crippen molar-refractivity contribution in [3.05, 3.63) is 66.6 Å². The van der Waals surface area contributed by atoms with Gasteiger partial charge in [0.2, 0.25) is 0 Å². The molecule has 0 amide bonds. The Hall–Kier alpha value is -1.54. The summed E-state index contributed by atoms with van der Waals surface area (Å²) in [6.07, 6.45) is 0. The lowest BCUT2D eigenvalue weighted by Gasteiger charge is -2.10. The smallest absolute Gasteiger partial charge is 0.273 e. The summed E-state index contributed by atoms with van der Waals surface area (Å²) < 4.78 is 33.2. The van der Waals surface area contributed by atoms with Crippen molar-refractivity contribution in [3.63, 3.8) is 0 Å². The van der Waals surface area contributed by atoms with Gasteiger partial charge in [0.05, 0.1) is 25.5 Å². The molecule has 8 heteroatoms. The Kier molecular flexibility index (Phi) is 4.89. The van der Waals surface area contributed by atoms with E-state index in [0.717, 1.165) is 6.07 Å². The van der Waals surface area contributed by atoms with Crippen LogP contribution in [-0.4, -0.2) is 4.92 Å². The number of nitro benzene ring substituents is 1. The summed E-state index contributed by atoms with van der Waals surface area (Å²) in [6.45, 7) is -0.392. The molecule has 0 saturated heterocycles. The molecule has 110 valence electrons. The summed E-state index contributed by atoms with van der Waals surface area (Å²) in [5, 5.41) is 10.7. The predicted molar refractivity (Wildman–Crippen MR) is 79.2 cm³/mol. The topological polar surface area (TPSA) is 52.4 Å². The van der Waals surface area contributed by atoms with Crippen molar-refractivity contribution in [2.24, 2.45) is 0 Å². The maximum absolute atomic E-state index is 13.8. The number of nitro groups is 1. The normalized spacial score (nSPS) is 10.5. The van der Waals surface area contributed by atoms with Crippen LogP contribution in [0, 0.1) is 21.7 Å². The summed E-state index contributed by atoms with van der Waals surface area (Å²) in [4.78, 5) is 10.1. The first-order valence-corrected chi connectivity index (χ1v) is 7.18. The molecule has 4 nitrogen and oxygen atoms in total. The van der Waals surface area contributed by atoms with Gasteiger partial charge < -0.3 is 4.74 Å². The zero-order chi connectivity index (χ0) is 15.6. The van der Waals surface area contributed by atoms with Gasteiger partial charge in [0.15, 0.2) is 0 Å².